The number of piperidine rings is 1. The van der Waals surface area contributed by atoms with Crippen LogP contribution in [0.5, 0.6) is 0 Å². The number of carbonyl (C=O) groups excluding carboxylic acids is 1. The van der Waals surface area contributed by atoms with Crippen molar-refractivity contribution in [3.63, 3.8) is 0 Å². The van der Waals surface area contributed by atoms with Crippen LogP contribution in [0.1, 0.15) is 62.9 Å². The number of alkyl halides is 2. The van der Waals surface area contributed by atoms with E-state index < -0.39 is 12.5 Å². The molecule has 0 bridgehead atoms. The molecule has 1 aromatic carbocycles. The van der Waals surface area contributed by atoms with Crippen molar-refractivity contribution in [3.8, 4) is 0 Å². The van der Waals surface area contributed by atoms with Crippen LogP contribution in [0, 0.1) is 12.8 Å². The van der Waals surface area contributed by atoms with Crippen LogP contribution >= 0.6 is 0 Å². The summed E-state index contributed by atoms with van der Waals surface area (Å²) < 4.78 is 29.4. The summed E-state index contributed by atoms with van der Waals surface area (Å²) in [5.41, 5.74) is 2.76. The molecule has 3 atom stereocenters. The van der Waals surface area contributed by atoms with E-state index in [1.54, 1.807) is 0 Å². The van der Waals surface area contributed by atoms with E-state index in [0.29, 0.717) is 25.2 Å². The molecule has 4 rings (SSSR count). The number of fused-ring (bicyclic) bond motifs is 1. The summed E-state index contributed by atoms with van der Waals surface area (Å²) in [6, 6.07) is 8.83. The predicted octanol–water partition coefficient (Wildman–Crippen LogP) is 4.96. The van der Waals surface area contributed by atoms with Gasteiger partial charge in [0.15, 0.2) is 0 Å². The molecule has 2 aliphatic rings. The molecule has 0 aliphatic carbocycles. The molecule has 1 fully saturated rings. The number of nitrogens with one attached hydrogen (secondary N) is 1. The fraction of sp³-hybridized carbons (Fsp3) is 0.600. The van der Waals surface area contributed by atoms with E-state index >= 15 is 0 Å². The smallest absolute Gasteiger partial charge is 0.260 e. The molecule has 1 saturated heterocycles. The molecule has 0 saturated carbocycles. The Bertz CT molecular complexity index is 965. The number of halogens is 2. The van der Waals surface area contributed by atoms with Gasteiger partial charge < -0.3 is 10.2 Å². The predicted molar refractivity (Wildman–Crippen MR) is 122 cm³/mol. The number of aromatic nitrogens is 2. The third-order valence-corrected chi connectivity index (χ3v) is 6.92. The van der Waals surface area contributed by atoms with Crippen LogP contribution in [0.4, 0.5) is 14.6 Å². The summed E-state index contributed by atoms with van der Waals surface area (Å²) in [6.45, 7) is 9.48. The third kappa shape index (κ3) is 4.66. The Morgan fingerprint density at radius 2 is 2.03 bits per heavy atom. The molecule has 0 radical (unpaired) electrons. The van der Waals surface area contributed by atoms with Crippen LogP contribution in [0.25, 0.3) is 0 Å². The summed E-state index contributed by atoms with van der Waals surface area (Å²) in [5.74, 6) is 0.928. The van der Waals surface area contributed by atoms with E-state index in [1.807, 2.05) is 62.9 Å². The Labute approximate surface area is 189 Å². The average Bonchev–Trinajstić information content (AvgIpc) is 3.19. The van der Waals surface area contributed by atoms with Crippen molar-refractivity contribution in [1.29, 1.82) is 0 Å². The Kier molecular flexibility index (Phi) is 6.28. The summed E-state index contributed by atoms with van der Waals surface area (Å²) in [5, 5.41) is 8.00. The van der Waals surface area contributed by atoms with Gasteiger partial charge in [0.1, 0.15) is 11.9 Å². The van der Waals surface area contributed by atoms with Crippen molar-refractivity contribution in [1.82, 2.24) is 14.7 Å². The van der Waals surface area contributed by atoms with E-state index in [0.717, 1.165) is 36.2 Å². The van der Waals surface area contributed by atoms with Gasteiger partial charge in [-0.2, -0.15) is 5.10 Å². The highest BCUT2D eigenvalue weighted by atomic mass is 19.3. The molecule has 1 unspecified atom stereocenters. The first-order chi connectivity index (χ1) is 15.1. The van der Waals surface area contributed by atoms with Gasteiger partial charge in [-0.1, -0.05) is 45.0 Å². The molecule has 3 heterocycles. The SMILES string of the molecule is Cc1ccccc1CC(=O)N1CCCC([C@@H]2C[C@H](C(F)F)n3nc(C(C)(C)C)cc3N2)C1. The Morgan fingerprint density at radius 3 is 2.72 bits per heavy atom. The Morgan fingerprint density at radius 1 is 1.28 bits per heavy atom. The largest absolute Gasteiger partial charge is 0.367 e. The van der Waals surface area contributed by atoms with E-state index in [-0.39, 0.29) is 23.3 Å². The number of benzene rings is 1. The quantitative estimate of drug-likeness (QED) is 0.725. The molecule has 2 aromatic rings. The van der Waals surface area contributed by atoms with Gasteiger partial charge in [-0.3, -0.25) is 4.79 Å². The van der Waals surface area contributed by atoms with Gasteiger partial charge in [0, 0.05) is 30.6 Å². The first kappa shape index (κ1) is 22.7. The van der Waals surface area contributed by atoms with Crippen molar-refractivity contribution < 1.29 is 13.6 Å². The lowest BCUT2D eigenvalue weighted by molar-refractivity contribution is -0.132. The lowest BCUT2D eigenvalue weighted by Gasteiger charge is -2.41. The van der Waals surface area contributed by atoms with Crippen molar-refractivity contribution in [3.05, 3.63) is 47.2 Å². The van der Waals surface area contributed by atoms with E-state index in [4.69, 9.17) is 0 Å². The van der Waals surface area contributed by atoms with Crippen LogP contribution in [0.3, 0.4) is 0 Å². The highest BCUT2D eigenvalue weighted by Crippen LogP contribution is 2.38. The molecule has 1 amide bonds. The topological polar surface area (TPSA) is 50.2 Å². The van der Waals surface area contributed by atoms with Gasteiger partial charge in [-0.15, -0.1) is 0 Å². The summed E-state index contributed by atoms with van der Waals surface area (Å²) in [7, 11) is 0. The molecule has 5 nitrogen and oxygen atoms in total. The molecule has 174 valence electrons. The van der Waals surface area contributed by atoms with Crippen LogP contribution in [0.2, 0.25) is 0 Å². The second-order valence-corrected chi connectivity index (χ2v) is 10.3. The second kappa shape index (κ2) is 8.83. The second-order valence-electron chi connectivity index (χ2n) is 10.3. The van der Waals surface area contributed by atoms with E-state index in [2.05, 4.69) is 10.4 Å². The van der Waals surface area contributed by atoms with Crippen molar-refractivity contribution >= 4 is 11.7 Å². The van der Waals surface area contributed by atoms with E-state index in [1.165, 1.54) is 4.68 Å². The summed E-state index contributed by atoms with van der Waals surface area (Å²) in [4.78, 5) is 14.9. The number of rotatable bonds is 4. The minimum absolute atomic E-state index is 0.0971. The zero-order valence-corrected chi connectivity index (χ0v) is 19.4. The van der Waals surface area contributed by atoms with Gasteiger partial charge in [0.2, 0.25) is 5.91 Å². The number of hydrogen-bond donors (Lipinski definition) is 1. The van der Waals surface area contributed by atoms with Crippen LogP contribution in [-0.2, 0) is 16.6 Å². The minimum Gasteiger partial charge on any atom is -0.367 e. The Balaban J connectivity index is 1.49. The van der Waals surface area contributed by atoms with Gasteiger partial charge in [-0.25, -0.2) is 13.5 Å². The van der Waals surface area contributed by atoms with Crippen LogP contribution in [-0.4, -0.2) is 46.1 Å². The number of likely N-dealkylation sites (tertiary alicyclic amines) is 1. The number of hydrogen-bond acceptors (Lipinski definition) is 3. The maximum Gasteiger partial charge on any atom is 0.260 e. The fourth-order valence-electron chi connectivity index (χ4n) is 4.90. The first-order valence-electron chi connectivity index (χ1n) is 11.6. The highest BCUT2D eigenvalue weighted by Gasteiger charge is 2.39. The fourth-order valence-corrected chi connectivity index (χ4v) is 4.90. The lowest BCUT2D eigenvalue weighted by atomic mass is 9.85. The molecule has 2 aliphatic heterocycles. The number of anilines is 1. The monoisotopic (exact) mass is 444 g/mol. The van der Waals surface area contributed by atoms with E-state index in [9.17, 15) is 13.6 Å². The highest BCUT2D eigenvalue weighted by molar-refractivity contribution is 5.79. The van der Waals surface area contributed by atoms with Gasteiger partial charge in [0.05, 0.1) is 12.1 Å². The van der Waals surface area contributed by atoms with Gasteiger partial charge >= 0.3 is 0 Å². The summed E-state index contributed by atoms with van der Waals surface area (Å²) >= 11 is 0. The Hall–Kier alpha value is -2.44. The average molecular weight is 445 g/mol. The molecule has 32 heavy (non-hydrogen) atoms. The minimum atomic E-state index is -2.48. The zero-order chi connectivity index (χ0) is 23.0. The number of aryl methyl sites for hydroxylation is 1. The summed E-state index contributed by atoms with van der Waals surface area (Å²) in [6.07, 6.45) is 0.0589. The first-order valence-corrected chi connectivity index (χ1v) is 11.6. The maximum absolute atomic E-state index is 14.0. The standard InChI is InChI=1S/C25H34F2N4O/c1-16-8-5-6-9-17(16)12-23(32)30-11-7-10-18(15-30)19-13-20(24(26)27)31-22(28-19)14-21(29-31)25(2,3)4/h5-6,8-9,14,18-20,24,28H,7,10-13,15H2,1-4H3/t18?,19-,20+/m0/s1. The number of carbonyl (C=O) groups is 1. The number of nitrogens with zero attached hydrogens (tertiary/aromatic N) is 3. The normalized spacial score (nSPS) is 23.7. The van der Waals surface area contributed by atoms with Gasteiger partial charge in [0.25, 0.3) is 6.43 Å². The van der Waals surface area contributed by atoms with Crippen molar-refractivity contribution in [2.24, 2.45) is 5.92 Å². The molecule has 1 aromatic heterocycles. The van der Waals surface area contributed by atoms with Crippen molar-refractivity contribution in [2.75, 3.05) is 18.4 Å². The lowest BCUT2D eigenvalue weighted by Crippen LogP contribution is -2.48. The maximum atomic E-state index is 14.0. The molecular formula is C25H34F2N4O. The molecule has 0 spiro atoms. The third-order valence-electron chi connectivity index (χ3n) is 6.92. The van der Waals surface area contributed by atoms with Crippen LogP contribution < -0.4 is 5.32 Å². The van der Waals surface area contributed by atoms with Crippen LogP contribution in [0.15, 0.2) is 30.3 Å². The van der Waals surface area contributed by atoms with Crippen molar-refractivity contribution in [2.45, 2.75) is 77.3 Å². The molecular weight excluding hydrogens is 410 g/mol. The number of amides is 1. The molecule has 7 heteroatoms. The zero-order valence-electron chi connectivity index (χ0n) is 19.4. The van der Waals surface area contributed by atoms with Gasteiger partial charge in [-0.05, 0) is 43.2 Å². The molecule has 1 N–H and O–H groups in total.